The highest BCUT2D eigenvalue weighted by Gasteiger charge is 2.25. The summed E-state index contributed by atoms with van der Waals surface area (Å²) in [5, 5.41) is 11.8. The highest BCUT2D eigenvalue weighted by molar-refractivity contribution is 5.74. The molecule has 4 heterocycles. The van der Waals surface area contributed by atoms with Gasteiger partial charge in [-0.1, -0.05) is 18.0 Å². The fourth-order valence-corrected chi connectivity index (χ4v) is 3.17. The van der Waals surface area contributed by atoms with Crippen LogP contribution < -0.4 is 9.80 Å². The first-order valence-electron chi connectivity index (χ1n) is 8.62. The summed E-state index contributed by atoms with van der Waals surface area (Å²) in [6.07, 6.45) is 6.37. The lowest BCUT2D eigenvalue weighted by Crippen LogP contribution is -2.30. The van der Waals surface area contributed by atoms with Gasteiger partial charge in [-0.15, -0.1) is 0 Å². The van der Waals surface area contributed by atoms with Crippen molar-refractivity contribution >= 4 is 22.9 Å². The first-order chi connectivity index (χ1) is 12.2. The molecule has 9 heteroatoms. The van der Waals surface area contributed by atoms with E-state index in [1.807, 2.05) is 18.0 Å². The van der Waals surface area contributed by atoms with E-state index < -0.39 is 0 Å². The van der Waals surface area contributed by atoms with Crippen LogP contribution in [-0.2, 0) is 0 Å². The van der Waals surface area contributed by atoms with Crippen molar-refractivity contribution < 1.29 is 9.15 Å². The van der Waals surface area contributed by atoms with Gasteiger partial charge in [0.15, 0.2) is 11.6 Å². The monoisotopic (exact) mass is 343 g/mol. The lowest BCUT2D eigenvalue weighted by molar-refractivity contribution is 0.314. The summed E-state index contributed by atoms with van der Waals surface area (Å²) in [6, 6.07) is 1.84. The number of nitrogens with zero attached hydrogens (tertiary/aromatic N) is 7. The molecule has 1 aliphatic heterocycles. The average Bonchev–Trinajstić information content (AvgIpc) is 3.25. The summed E-state index contributed by atoms with van der Waals surface area (Å²) in [5.74, 6) is 1.57. The Bertz CT molecular complexity index is 824. The van der Waals surface area contributed by atoms with Crippen LogP contribution in [-0.4, -0.2) is 45.6 Å². The molecule has 0 aliphatic carbocycles. The van der Waals surface area contributed by atoms with Crippen molar-refractivity contribution in [1.82, 2.24) is 25.4 Å². The Morgan fingerprint density at radius 3 is 2.44 bits per heavy atom. The summed E-state index contributed by atoms with van der Waals surface area (Å²) in [5.41, 5.74) is 1.68. The topological polar surface area (TPSA) is 97.2 Å². The fraction of sp³-hybridized carbons (Fsp3) is 0.562. The van der Waals surface area contributed by atoms with Crippen molar-refractivity contribution in [2.45, 2.75) is 38.6 Å². The zero-order valence-corrected chi connectivity index (χ0v) is 14.4. The van der Waals surface area contributed by atoms with Gasteiger partial charge in [-0.2, -0.15) is 0 Å². The molecule has 3 aromatic rings. The Hall–Kier alpha value is -2.71. The van der Waals surface area contributed by atoms with E-state index in [0.717, 1.165) is 43.3 Å². The van der Waals surface area contributed by atoms with Gasteiger partial charge < -0.3 is 14.3 Å². The van der Waals surface area contributed by atoms with Crippen molar-refractivity contribution in [1.29, 1.82) is 0 Å². The molecule has 0 unspecified atom stereocenters. The fourth-order valence-electron chi connectivity index (χ4n) is 3.17. The van der Waals surface area contributed by atoms with Crippen molar-refractivity contribution in [3.63, 3.8) is 0 Å². The van der Waals surface area contributed by atoms with E-state index in [1.165, 1.54) is 12.8 Å². The molecule has 9 nitrogen and oxygen atoms in total. The molecular formula is C16H21N7O2. The molecule has 132 valence electrons. The van der Waals surface area contributed by atoms with Gasteiger partial charge >= 0.3 is 0 Å². The Morgan fingerprint density at radius 1 is 1.04 bits per heavy atom. The Morgan fingerprint density at radius 2 is 1.76 bits per heavy atom. The normalized spacial score (nSPS) is 16.8. The smallest absolute Gasteiger partial charge is 0.245 e. The zero-order valence-electron chi connectivity index (χ0n) is 14.4. The van der Waals surface area contributed by atoms with Gasteiger partial charge in [-0.3, -0.25) is 0 Å². The molecule has 1 aliphatic rings. The molecule has 25 heavy (non-hydrogen) atoms. The number of rotatable bonds is 4. The number of hydrogen-bond donors (Lipinski definition) is 0. The maximum absolute atomic E-state index is 4.98. The van der Waals surface area contributed by atoms with Crippen molar-refractivity contribution in [3.05, 3.63) is 18.0 Å². The summed E-state index contributed by atoms with van der Waals surface area (Å²) in [4.78, 5) is 13.7. The first kappa shape index (κ1) is 15.8. The van der Waals surface area contributed by atoms with Crippen LogP contribution in [0.2, 0.25) is 0 Å². The molecule has 0 amide bonds. The summed E-state index contributed by atoms with van der Waals surface area (Å²) < 4.78 is 9.79. The quantitative estimate of drug-likeness (QED) is 0.708. The standard InChI is InChI=1S/C16H21N7O2/c1-11(12-7-10-24-19-12)22(2)15-16(23-8-5-3-4-6-9-23)18-14-13(17-15)20-25-21-14/h7,10-11H,3-6,8-9H2,1-2H3/t11-/m0/s1. The molecule has 0 bridgehead atoms. The minimum absolute atomic E-state index is 0.0175. The first-order valence-corrected chi connectivity index (χ1v) is 8.62. The van der Waals surface area contributed by atoms with E-state index in [2.05, 4.69) is 32.3 Å². The third-order valence-corrected chi connectivity index (χ3v) is 4.78. The Labute approximate surface area is 145 Å². The largest absolute Gasteiger partial charge is 0.364 e. The van der Waals surface area contributed by atoms with E-state index >= 15 is 0 Å². The number of fused-ring (bicyclic) bond motifs is 1. The van der Waals surface area contributed by atoms with Gasteiger partial charge in [0.1, 0.15) is 12.0 Å². The van der Waals surface area contributed by atoms with E-state index in [9.17, 15) is 0 Å². The molecule has 0 spiro atoms. The second kappa shape index (κ2) is 6.66. The van der Waals surface area contributed by atoms with Crippen LogP contribution in [0.3, 0.4) is 0 Å². The molecule has 4 rings (SSSR count). The lowest BCUT2D eigenvalue weighted by atomic mass is 10.2. The minimum Gasteiger partial charge on any atom is -0.364 e. The van der Waals surface area contributed by atoms with Gasteiger partial charge in [0.05, 0.1) is 6.04 Å². The number of hydrogen-bond acceptors (Lipinski definition) is 9. The van der Waals surface area contributed by atoms with Crippen molar-refractivity contribution in [3.8, 4) is 0 Å². The third kappa shape index (κ3) is 3.01. The predicted octanol–water partition coefficient (Wildman–Crippen LogP) is 2.58. The van der Waals surface area contributed by atoms with Crippen molar-refractivity contribution in [2.24, 2.45) is 0 Å². The molecule has 1 fully saturated rings. The van der Waals surface area contributed by atoms with E-state index in [1.54, 1.807) is 6.26 Å². The van der Waals surface area contributed by atoms with Crippen LogP contribution in [0.4, 0.5) is 11.6 Å². The van der Waals surface area contributed by atoms with Crippen LogP contribution >= 0.6 is 0 Å². The van der Waals surface area contributed by atoms with Crippen LogP contribution in [0, 0.1) is 0 Å². The molecule has 1 atom stereocenters. The molecular weight excluding hydrogens is 322 g/mol. The summed E-state index contributed by atoms with van der Waals surface area (Å²) >= 11 is 0. The van der Waals surface area contributed by atoms with Gasteiger partial charge in [-0.05, 0) is 30.1 Å². The summed E-state index contributed by atoms with van der Waals surface area (Å²) in [6.45, 7) is 3.98. The predicted molar refractivity (Wildman–Crippen MR) is 91.4 cm³/mol. The SMILES string of the molecule is C[C@@H](c1ccon1)N(C)c1nc2nonc2nc1N1CCCCCC1. The van der Waals surface area contributed by atoms with Gasteiger partial charge in [0.25, 0.3) is 0 Å². The molecule has 1 saturated heterocycles. The van der Waals surface area contributed by atoms with E-state index in [0.29, 0.717) is 11.3 Å². The maximum atomic E-state index is 4.98. The Kier molecular flexibility index (Phi) is 4.21. The third-order valence-electron chi connectivity index (χ3n) is 4.78. The molecule has 0 saturated carbocycles. The highest BCUT2D eigenvalue weighted by Crippen LogP contribution is 2.32. The zero-order chi connectivity index (χ0) is 17.2. The molecule has 3 aromatic heterocycles. The highest BCUT2D eigenvalue weighted by atomic mass is 16.6. The molecule has 0 aromatic carbocycles. The lowest BCUT2D eigenvalue weighted by Gasteiger charge is -2.30. The van der Waals surface area contributed by atoms with Gasteiger partial charge in [-0.25, -0.2) is 14.6 Å². The Balaban J connectivity index is 1.76. The summed E-state index contributed by atoms with van der Waals surface area (Å²) in [7, 11) is 1.98. The van der Waals surface area contributed by atoms with Crippen LogP contribution in [0.5, 0.6) is 0 Å². The van der Waals surface area contributed by atoms with E-state index in [4.69, 9.17) is 14.1 Å². The van der Waals surface area contributed by atoms with E-state index in [-0.39, 0.29) is 6.04 Å². The molecule has 0 radical (unpaired) electrons. The maximum Gasteiger partial charge on any atom is 0.245 e. The van der Waals surface area contributed by atoms with Crippen molar-refractivity contribution in [2.75, 3.05) is 29.9 Å². The van der Waals surface area contributed by atoms with Gasteiger partial charge in [0.2, 0.25) is 11.3 Å². The second-order valence-electron chi connectivity index (χ2n) is 6.39. The van der Waals surface area contributed by atoms with Crippen LogP contribution in [0.15, 0.2) is 21.5 Å². The second-order valence-corrected chi connectivity index (χ2v) is 6.39. The average molecular weight is 343 g/mol. The van der Waals surface area contributed by atoms with Gasteiger partial charge in [0, 0.05) is 26.2 Å². The molecule has 0 N–H and O–H groups in total. The minimum atomic E-state index is -0.0175. The van der Waals surface area contributed by atoms with Crippen LogP contribution in [0.25, 0.3) is 11.3 Å². The van der Waals surface area contributed by atoms with Crippen LogP contribution in [0.1, 0.15) is 44.3 Å². The number of anilines is 2. The number of aromatic nitrogens is 5.